The summed E-state index contributed by atoms with van der Waals surface area (Å²) in [5.41, 5.74) is 2.85. The topological polar surface area (TPSA) is 24.9 Å². The first kappa shape index (κ1) is 15.5. The molecule has 2 unspecified atom stereocenters. The molecule has 0 radical (unpaired) electrons. The molecule has 0 amide bonds. The van der Waals surface area contributed by atoms with Crippen LogP contribution in [-0.2, 0) is 6.42 Å². The predicted molar refractivity (Wildman–Crippen MR) is 86.1 cm³/mol. The number of fused-ring (bicyclic) bond motifs is 1. The third kappa shape index (κ3) is 4.05. The van der Waals surface area contributed by atoms with Crippen molar-refractivity contribution in [3.8, 4) is 0 Å². The normalized spacial score (nSPS) is 19.0. The minimum Gasteiger partial charge on any atom is -0.314 e. The molecule has 0 aliphatic heterocycles. The number of aryl methyl sites for hydroxylation is 1. The van der Waals surface area contributed by atoms with E-state index in [0.717, 1.165) is 6.54 Å². The van der Waals surface area contributed by atoms with Gasteiger partial charge in [0.15, 0.2) is 0 Å². The second-order valence-electron chi connectivity index (χ2n) is 6.06. The second-order valence-corrected chi connectivity index (χ2v) is 6.06. The molecule has 1 aliphatic carbocycles. The van der Waals surface area contributed by atoms with Crippen LogP contribution >= 0.6 is 0 Å². The first-order chi connectivity index (χ1) is 9.86. The fraction of sp³-hybridized carbons (Fsp3) is 0.722. The molecule has 2 rings (SSSR count). The summed E-state index contributed by atoms with van der Waals surface area (Å²) in [6.07, 6.45) is 12.6. The van der Waals surface area contributed by atoms with Crippen molar-refractivity contribution < 1.29 is 0 Å². The molecule has 2 heteroatoms. The molecule has 0 saturated carbocycles. The molecule has 112 valence electrons. The molecule has 1 heterocycles. The molecule has 20 heavy (non-hydrogen) atoms. The maximum atomic E-state index is 4.66. The van der Waals surface area contributed by atoms with Gasteiger partial charge in [0.2, 0.25) is 0 Å². The number of hydrogen-bond acceptors (Lipinski definition) is 2. The van der Waals surface area contributed by atoms with Crippen LogP contribution in [0.25, 0.3) is 0 Å². The molecular weight excluding hydrogens is 244 g/mol. The van der Waals surface area contributed by atoms with E-state index in [-0.39, 0.29) is 0 Å². The van der Waals surface area contributed by atoms with Gasteiger partial charge >= 0.3 is 0 Å². The Morgan fingerprint density at radius 1 is 1.25 bits per heavy atom. The molecule has 0 bridgehead atoms. The number of nitrogens with zero attached hydrogens (tertiary/aromatic N) is 1. The third-order valence-corrected chi connectivity index (χ3v) is 4.57. The summed E-state index contributed by atoms with van der Waals surface area (Å²) in [6, 6.07) is 4.96. The standard InChI is InChI=1S/C18H30N2/c1-3-5-6-7-8-11-17(19-4-2)16-13-12-15-10-9-14-20-18(15)16/h9-10,14,16-17,19H,3-8,11-13H2,1-2H3. The first-order valence-corrected chi connectivity index (χ1v) is 8.54. The Kier molecular flexibility index (Phi) is 6.52. The van der Waals surface area contributed by atoms with Gasteiger partial charge in [-0.25, -0.2) is 0 Å². The van der Waals surface area contributed by atoms with Gasteiger partial charge in [0, 0.05) is 23.9 Å². The van der Waals surface area contributed by atoms with Gasteiger partial charge in [-0.3, -0.25) is 4.98 Å². The maximum absolute atomic E-state index is 4.66. The Labute approximate surface area is 124 Å². The summed E-state index contributed by atoms with van der Waals surface area (Å²) in [5.74, 6) is 0.636. The maximum Gasteiger partial charge on any atom is 0.0482 e. The van der Waals surface area contributed by atoms with Crippen LogP contribution in [0, 0.1) is 0 Å². The highest BCUT2D eigenvalue weighted by atomic mass is 14.9. The van der Waals surface area contributed by atoms with E-state index >= 15 is 0 Å². The third-order valence-electron chi connectivity index (χ3n) is 4.57. The van der Waals surface area contributed by atoms with Gasteiger partial charge in [-0.1, -0.05) is 52.0 Å². The predicted octanol–water partition coefficient (Wildman–Crippen LogP) is 4.45. The molecule has 2 nitrogen and oxygen atoms in total. The molecule has 1 aromatic heterocycles. The lowest BCUT2D eigenvalue weighted by Crippen LogP contribution is -2.34. The van der Waals surface area contributed by atoms with Crippen molar-refractivity contribution in [2.75, 3.05) is 6.54 Å². The number of hydrogen-bond donors (Lipinski definition) is 1. The Morgan fingerprint density at radius 3 is 2.90 bits per heavy atom. The average Bonchev–Trinajstić information content (AvgIpc) is 2.90. The average molecular weight is 274 g/mol. The van der Waals surface area contributed by atoms with Crippen LogP contribution < -0.4 is 5.32 Å². The Hall–Kier alpha value is -0.890. The number of unbranched alkanes of at least 4 members (excludes halogenated alkanes) is 4. The monoisotopic (exact) mass is 274 g/mol. The summed E-state index contributed by atoms with van der Waals surface area (Å²) in [5, 5.41) is 3.72. The van der Waals surface area contributed by atoms with Crippen LogP contribution in [0.15, 0.2) is 18.3 Å². The molecular formula is C18H30N2. The molecule has 2 atom stereocenters. The quantitative estimate of drug-likeness (QED) is 0.673. The van der Waals surface area contributed by atoms with Crippen LogP contribution in [0.1, 0.15) is 76.0 Å². The van der Waals surface area contributed by atoms with E-state index in [1.165, 1.54) is 62.6 Å². The Morgan fingerprint density at radius 2 is 2.10 bits per heavy atom. The van der Waals surface area contributed by atoms with Gasteiger partial charge in [0.1, 0.15) is 0 Å². The second kappa shape index (κ2) is 8.41. The summed E-state index contributed by atoms with van der Waals surface area (Å²) in [4.78, 5) is 4.66. The minimum absolute atomic E-state index is 0.623. The van der Waals surface area contributed by atoms with Crippen molar-refractivity contribution in [3.63, 3.8) is 0 Å². The van der Waals surface area contributed by atoms with Gasteiger partial charge in [-0.05, 0) is 37.4 Å². The van der Waals surface area contributed by atoms with Crippen LogP contribution in [0.5, 0.6) is 0 Å². The Balaban J connectivity index is 1.89. The van der Waals surface area contributed by atoms with E-state index in [1.54, 1.807) is 0 Å². The lowest BCUT2D eigenvalue weighted by Gasteiger charge is -2.24. The summed E-state index contributed by atoms with van der Waals surface area (Å²) in [6.45, 7) is 5.57. The SMILES string of the molecule is CCCCCCCC(NCC)C1CCc2cccnc21. The lowest BCUT2D eigenvalue weighted by atomic mass is 9.92. The zero-order valence-electron chi connectivity index (χ0n) is 13.2. The summed E-state index contributed by atoms with van der Waals surface area (Å²) in [7, 11) is 0. The number of aromatic nitrogens is 1. The lowest BCUT2D eigenvalue weighted by molar-refractivity contribution is 0.392. The van der Waals surface area contributed by atoms with Crippen LogP contribution in [0.4, 0.5) is 0 Å². The van der Waals surface area contributed by atoms with Crippen molar-refractivity contribution in [2.24, 2.45) is 0 Å². The Bertz CT molecular complexity index is 389. The number of likely N-dealkylation sites (N-methyl/N-ethyl adjacent to an activating group) is 1. The van der Waals surface area contributed by atoms with Crippen molar-refractivity contribution in [1.29, 1.82) is 0 Å². The molecule has 0 aromatic carbocycles. The first-order valence-electron chi connectivity index (χ1n) is 8.54. The molecule has 0 spiro atoms. The van der Waals surface area contributed by atoms with Crippen molar-refractivity contribution >= 4 is 0 Å². The molecule has 0 fully saturated rings. The molecule has 0 saturated heterocycles. The van der Waals surface area contributed by atoms with E-state index in [0.29, 0.717) is 12.0 Å². The highest BCUT2D eigenvalue weighted by Crippen LogP contribution is 2.35. The van der Waals surface area contributed by atoms with Gasteiger partial charge in [0.05, 0.1) is 0 Å². The number of rotatable bonds is 9. The highest BCUT2D eigenvalue weighted by molar-refractivity contribution is 5.29. The number of pyridine rings is 1. The molecule has 1 aliphatic rings. The van der Waals surface area contributed by atoms with Crippen LogP contribution in [0.2, 0.25) is 0 Å². The van der Waals surface area contributed by atoms with Crippen LogP contribution in [-0.4, -0.2) is 17.6 Å². The summed E-state index contributed by atoms with van der Waals surface area (Å²) < 4.78 is 0. The zero-order chi connectivity index (χ0) is 14.2. The van der Waals surface area contributed by atoms with Gasteiger partial charge in [-0.15, -0.1) is 0 Å². The highest BCUT2D eigenvalue weighted by Gasteiger charge is 2.29. The van der Waals surface area contributed by atoms with E-state index in [2.05, 4.69) is 36.3 Å². The van der Waals surface area contributed by atoms with Crippen molar-refractivity contribution in [2.45, 2.75) is 77.2 Å². The zero-order valence-corrected chi connectivity index (χ0v) is 13.2. The fourth-order valence-electron chi connectivity index (χ4n) is 3.51. The van der Waals surface area contributed by atoms with E-state index in [1.807, 2.05) is 6.20 Å². The van der Waals surface area contributed by atoms with Gasteiger partial charge in [-0.2, -0.15) is 0 Å². The van der Waals surface area contributed by atoms with Gasteiger partial charge < -0.3 is 5.32 Å². The summed E-state index contributed by atoms with van der Waals surface area (Å²) >= 11 is 0. The molecule has 1 aromatic rings. The van der Waals surface area contributed by atoms with Crippen LogP contribution in [0.3, 0.4) is 0 Å². The minimum atomic E-state index is 0.623. The van der Waals surface area contributed by atoms with E-state index < -0.39 is 0 Å². The number of nitrogens with one attached hydrogen (secondary N) is 1. The smallest absolute Gasteiger partial charge is 0.0482 e. The van der Waals surface area contributed by atoms with E-state index in [9.17, 15) is 0 Å². The van der Waals surface area contributed by atoms with Crippen molar-refractivity contribution in [1.82, 2.24) is 10.3 Å². The molecule has 1 N–H and O–H groups in total. The largest absolute Gasteiger partial charge is 0.314 e. The van der Waals surface area contributed by atoms with Gasteiger partial charge in [0.25, 0.3) is 0 Å². The van der Waals surface area contributed by atoms with E-state index in [4.69, 9.17) is 0 Å². The van der Waals surface area contributed by atoms with Crippen molar-refractivity contribution in [3.05, 3.63) is 29.6 Å². The fourth-order valence-corrected chi connectivity index (χ4v) is 3.51.